The molecule has 0 bridgehead atoms. The molecule has 0 fully saturated rings. The minimum Gasteiger partial charge on any atom is -0.491 e. The average Bonchev–Trinajstić information content (AvgIpc) is 2.34. The van der Waals surface area contributed by atoms with Gasteiger partial charge in [0.2, 0.25) is 0 Å². The van der Waals surface area contributed by atoms with E-state index < -0.39 is 5.82 Å². The van der Waals surface area contributed by atoms with Gasteiger partial charge >= 0.3 is 0 Å². The standard InChI is InChI=1S/C13H15FO3/c1-2-16-8-9-17-12-6-5-11(4-3-7-15)13(14)10-12/h5-6,10,15H,2,7-9H2,1H3. The zero-order valence-electron chi connectivity index (χ0n) is 9.70. The molecule has 1 aromatic carbocycles. The fraction of sp³-hybridized carbons (Fsp3) is 0.385. The van der Waals surface area contributed by atoms with Gasteiger partial charge in [0.1, 0.15) is 24.8 Å². The van der Waals surface area contributed by atoms with E-state index in [2.05, 4.69) is 11.8 Å². The third-order valence-corrected chi connectivity index (χ3v) is 1.94. The molecule has 92 valence electrons. The van der Waals surface area contributed by atoms with E-state index in [4.69, 9.17) is 14.6 Å². The van der Waals surface area contributed by atoms with Gasteiger partial charge in [-0.3, -0.25) is 0 Å². The maximum absolute atomic E-state index is 13.5. The Bertz CT molecular complexity index is 407. The third-order valence-electron chi connectivity index (χ3n) is 1.94. The highest BCUT2D eigenvalue weighted by Crippen LogP contribution is 2.15. The molecule has 0 radical (unpaired) electrons. The highest BCUT2D eigenvalue weighted by atomic mass is 19.1. The van der Waals surface area contributed by atoms with E-state index in [1.54, 1.807) is 6.07 Å². The smallest absolute Gasteiger partial charge is 0.142 e. The van der Waals surface area contributed by atoms with Gasteiger partial charge in [-0.05, 0) is 19.1 Å². The number of aliphatic hydroxyl groups excluding tert-OH is 1. The van der Waals surface area contributed by atoms with Gasteiger partial charge in [0.05, 0.1) is 12.2 Å². The molecule has 0 aliphatic heterocycles. The van der Waals surface area contributed by atoms with Crippen LogP contribution in [-0.4, -0.2) is 31.5 Å². The summed E-state index contributed by atoms with van der Waals surface area (Å²) < 4.78 is 23.8. The van der Waals surface area contributed by atoms with Crippen molar-refractivity contribution in [3.8, 4) is 17.6 Å². The van der Waals surface area contributed by atoms with Crippen LogP contribution < -0.4 is 4.74 Å². The Labute approximate surface area is 100 Å². The predicted octanol–water partition coefficient (Wildman–Crippen LogP) is 1.58. The minimum absolute atomic E-state index is 0.246. The van der Waals surface area contributed by atoms with E-state index in [1.165, 1.54) is 12.1 Å². The van der Waals surface area contributed by atoms with Crippen molar-refractivity contribution in [3.05, 3.63) is 29.6 Å². The van der Waals surface area contributed by atoms with Crippen molar-refractivity contribution in [1.29, 1.82) is 0 Å². The zero-order valence-corrected chi connectivity index (χ0v) is 9.70. The van der Waals surface area contributed by atoms with E-state index in [0.717, 1.165) is 0 Å². The molecule has 0 aliphatic rings. The summed E-state index contributed by atoms with van der Waals surface area (Å²) in [6.07, 6.45) is 0. The lowest BCUT2D eigenvalue weighted by molar-refractivity contribution is 0.110. The largest absolute Gasteiger partial charge is 0.491 e. The van der Waals surface area contributed by atoms with Crippen LogP contribution in [0.1, 0.15) is 12.5 Å². The van der Waals surface area contributed by atoms with Gasteiger partial charge in [-0.15, -0.1) is 0 Å². The molecule has 0 aromatic heterocycles. The number of halogens is 1. The Balaban J connectivity index is 2.56. The van der Waals surface area contributed by atoms with Crippen molar-refractivity contribution in [2.45, 2.75) is 6.92 Å². The van der Waals surface area contributed by atoms with Gasteiger partial charge in [-0.25, -0.2) is 4.39 Å². The van der Waals surface area contributed by atoms with E-state index in [0.29, 0.717) is 25.6 Å². The molecule has 0 heterocycles. The van der Waals surface area contributed by atoms with Crippen molar-refractivity contribution >= 4 is 0 Å². The average molecular weight is 238 g/mol. The van der Waals surface area contributed by atoms with Crippen LogP contribution in [0.5, 0.6) is 5.75 Å². The first-order chi connectivity index (χ1) is 8.27. The molecule has 0 saturated heterocycles. The van der Waals surface area contributed by atoms with Crippen LogP contribution in [0.3, 0.4) is 0 Å². The van der Waals surface area contributed by atoms with Crippen LogP contribution in [0.4, 0.5) is 4.39 Å². The molecule has 3 nitrogen and oxygen atoms in total. The van der Waals surface area contributed by atoms with Gasteiger partial charge in [0.25, 0.3) is 0 Å². The molecule has 0 unspecified atom stereocenters. The number of ether oxygens (including phenoxy) is 2. The summed E-state index contributed by atoms with van der Waals surface area (Å²) in [5, 5.41) is 8.51. The van der Waals surface area contributed by atoms with Crippen LogP contribution in [-0.2, 0) is 4.74 Å². The Kier molecular flexibility index (Phi) is 6.08. The van der Waals surface area contributed by atoms with Crippen molar-refractivity contribution in [2.75, 3.05) is 26.4 Å². The molecular formula is C13H15FO3. The molecule has 0 spiro atoms. The maximum atomic E-state index is 13.5. The number of hydrogen-bond acceptors (Lipinski definition) is 3. The summed E-state index contributed by atoms with van der Waals surface area (Å²) >= 11 is 0. The quantitative estimate of drug-likeness (QED) is 0.625. The van der Waals surface area contributed by atoms with Gasteiger partial charge in [-0.2, -0.15) is 0 Å². The molecule has 0 aliphatic carbocycles. The maximum Gasteiger partial charge on any atom is 0.142 e. The normalized spacial score (nSPS) is 9.59. The van der Waals surface area contributed by atoms with Gasteiger partial charge in [-0.1, -0.05) is 11.8 Å². The van der Waals surface area contributed by atoms with E-state index in [-0.39, 0.29) is 12.2 Å². The number of benzene rings is 1. The summed E-state index contributed by atoms with van der Waals surface area (Å²) in [6, 6.07) is 4.43. The molecule has 0 saturated carbocycles. The number of rotatable bonds is 5. The van der Waals surface area contributed by atoms with Crippen LogP contribution in [0.2, 0.25) is 0 Å². The first-order valence-corrected chi connectivity index (χ1v) is 5.37. The molecule has 17 heavy (non-hydrogen) atoms. The fourth-order valence-corrected chi connectivity index (χ4v) is 1.18. The third kappa shape index (κ3) is 4.85. The van der Waals surface area contributed by atoms with Crippen LogP contribution in [0.25, 0.3) is 0 Å². The highest BCUT2D eigenvalue weighted by molar-refractivity contribution is 5.39. The molecular weight excluding hydrogens is 223 g/mol. The van der Waals surface area contributed by atoms with Crippen molar-refractivity contribution < 1.29 is 19.0 Å². The predicted molar refractivity (Wildman–Crippen MR) is 62.4 cm³/mol. The van der Waals surface area contributed by atoms with Crippen LogP contribution in [0.15, 0.2) is 18.2 Å². The summed E-state index contributed by atoms with van der Waals surface area (Å²) in [5.41, 5.74) is 0.246. The van der Waals surface area contributed by atoms with Gasteiger partial charge in [0.15, 0.2) is 0 Å². The zero-order chi connectivity index (χ0) is 12.5. The fourth-order valence-electron chi connectivity index (χ4n) is 1.18. The van der Waals surface area contributed by atoms with Crippen molar-refractivity contribution in [2.24, 2.45) is 0 Å². The molecule has 0 atom stereocenters. The topological polar surface area (TPSA) is 38.7 Å². The second-order valence-corrected chi connectivity index (χ2v) is 3.15. The monoisotopic (exact) mass is 238 g/mol. The Hall–Kier alpha value is -1.57. The second kappa shape index (κ2) is 7.66. The SMILES string of the molecule is CCOCCOc1ccc(C#CCO)c(F)c1. The number of aliphatic hydroxyl groups is 1. The lowest BCUT2D eigenvalue weighted by atomic mass is 10.2. The summed E-state index contributed by atoms with van der Waals surface area (Å²) in [6.45, 7) is 3.10. The lowest BCUT2D eigenvalue weighted by Gasteiger charge is -2.06. The first kappa shape index (κ1) is 13.5. The minimum atomic E-state index is -0.458. The van der Waals surface area contributed by atoms with Gasteiger partial charge in [0, 0.05) is 12.7 Å². The summed E-state index contributed by atoms with van der Waals surface area (Å²) in [5.74, 6) is 4.88. The Morgan fingerprint density at radius 3 is 2.82 bits per heavy atom. The van der Waals surface area contributed by atoms with Crippen LogP contribution in [0, 0.1) is 17.7 Å². The molecule has 1 N–H and O–H groups in total. The molecule has 4 heteroatoms. The summed E-state index contributed by atoms with van der Waals surface area (Å²) in [7, 11) is 0. The molecule has 1 aromatic rings. The van der Waals surface area contributed by atoms with E-state index in [9.17, 15) is 4.39 Å². The lowest BCUT2D eigenvalue weighted by Crippen LogP contribution is -2.06. The Morgan fingerprint density at radius 1 is 1.35 bits per heavy atom. The first-order valence-electron chi connectivity index (χ1n) is 5.37. The highest BCUT2D eigenvalue weighted by Gasteiger charge is 2.01. The number of hydrogen-bond donors (Lipinski definition) is 1. The Morgan fingerprint density at radius 2 is 2.18 bits per heavy atom. The second-order valence-electron chi connectivity index (χ2n) is 3.15. The van der Waals surface area contributed by atoms with Crippen LogP contribution >= 0.6 is 0 Å². The van der Waals surface area contributed by atoms with E-state index in [1.807, 2.05) is 6.92 Å². The van der Waals surface area contributed by atoms with Crippen molar-refractivity contribution in [1.82, 2.24) is 0 Å². The van der Waals surface area contributed by atoms with E-state index >= 15 is 0 Å². The van der Waals surface area contributed by atoms with Crippen molar-refractivity contribution in [3.63, 3.8) is 0 Å². The molecule has 1 rings (SSSR count). The summed E-state index contributed by atoms with van der Waals surface area (Å²) in [4.78, 5) is 0. The molecule has 0 amide bonds. The van der Waals surface area contributed by atoms with Gasteiger partial charge < -0.3 is 14.6 Å².